The summed E-state index contributed by atoms with van der Waals surface area (Å²) >= 11 is 4.68. The summed E-state index contributed by atoms with van der Waals surface area (Å²) in [5.41, 5.74) is -0.479. The molecular weight excluding hydrogens is 388 g/mol. The molecule has 0 aliphatic rings. The van der Waals surface area contributed by atoms with Gasteiger partial charge < -0.3 is 0 Å². The first kappa shape index (κ1) is 13.0. The fourth-order valence-corrected chi connectivity index (χ4v) is 3.19. The second-order valence-electron chi connectivity index (χ2n) is 2.87. The third-order valence-electron chi connectivity index (χ3n) is 1.72. The fourth-order valence-electron chi connectivity index (χ4n) is 1.07. The lowest BCUT2D eigenvalue weighted by Crippen LogP contribution is -2.08. The standard InChI is InChI=1S/C9H5BrF3IO/c1-4(15)8-6(10)2-5(3-7(8)14)9(11,12)13/h2-3H,1H3. The molecular formula is C9H5BrF3IO. The van der Waals surface area contributed by atoms with Crippen LogP contribution in [0.25, 0.3) is 0 Å². The number of halogens is 5. The zero-order valence-electron chi connectivity index (χ0n) is 7.45. The third kappa shape index (κ3) is 2.93. The van der Waals surface area contributed by atoms with Crippen LogP contribution in [0.1, 0.15) is 22.8 Å². The topological polar surface area (TPSA) is 17.1 Å². The molecule has 0 unspecified atom stereocenters. The first-order valence-corrected chi connectivity index (χ1v) is 5.68. The smallest absolute Gasteiger partial charge is 0.294 e. The molecule has 0 fully saturated rings. The second-order valence-corrected chi connectivity index (χ2v) is 4.89. The molecule has 0 aromatic heterocycles. The van der Waals surface area contributed by atoms with Crippen molar-refractivity contribution in [3.05, 3.63) is 31.3 Å². The predicted octanol–water partition coefficient (Wildman–Crippen LogP) is 4.28. The maximum absolute atomic E-state index is 12.4. The maximum Gasteiger partial charge on any atom is 0.416 e. The number of hydrogen-bond donors (Lipinski definition) is 0. The molecule has 0 atom stereocenters. The van der Waals surface area contributed by atoms with E-state index in [1.54, 1.807) is 22.6 Å². The van der Waals surface area contributed by atoms with Crippen molar-refractivity contribution in [2.75, 3.05) is 0 Å². The van der Waals surface area contributed by atoms with Crippen LogP contribution in [-0.4, -0.2) is 5.78 Å². The minimum atomic E-state index is -4.39. The molecule has 0 amide bonds. The summed E-state index contributed by atoms with van der Waals surface area (Å²) in [6.45, 7) is 1.31. The Kier molecular flexibility index (Phi) is 3.80. The van der Waals surface area contributed by atoms with Crippen molar-refractivity contribution in [1.82, 2.24) is 0 Å². The number of carbonyl (C=O) groups is 1. The van der Waals surface area contributed by atoms with Gasteiger partial charge in [-0.05, 0) is 57.6 Å². The summed E-state index contributed by atoms with van der Waals surface area (Å²) in [6.07, 6.45) is -4.39. The molecule has 6 heteroatoms. The van der Waals surface area contributed by atoms with Crippen molar-refractivity contribution in [3.63, 3.8) is 0 Å². The van der Waals surface area contributed by atoms with E-state index in [1.165, 1.54) is 6.92 Å². The lowest BCUT2D eigenvalue weighted by Gasteiger charge is -2.10. The molecule has 0 saturated carbocycles. The second kappa shape index (κ2) is 4.40. The summed E-state index contributed by atoms with van der Waals surface area (Å²) < 4.78 is 37.6. The molecule has 0 bridgehead atoms. The highest BCUT2D eigenvalue weighted by atomic mass is 127. The van der Waals surface area contributed by atoms with Crippen LogP contribution >= 0.6 is 38.5 Å². The number of hydrogen-bond acceptors (Lipinski definition) is 1. The number of Topliss-reactive ketones (excluding diaryl/α,β-unsaturated/α-hetero) is 1. The van der Waals surface area contributed by atoms with Gasteiger partial charge >= 0.3 is 6.18 Å². The average molecular weight is 393 g/mol. The quantitative estimate of drug-likeness (QED) is 0.515. The molecule has 1 aromatic rings. The number of carbonyl (C=O) groups excluding carboxylic acids is 1. The summed E-state index contributed by atoms with van der Waals surface area (Å²) in [7, 11) is 0. The molecule has 0 aliphatic carbocycles. The van der Waals surface area contributed by atoms with Crippen LogP contribution in [0.5, 0.6) is 0 Å². The van der Waals surface area contributed by atoms with E-state index in [0.29, 0.717) is 3.57 Å². The van der Waals surface area contributed by atoms with Gasteiger partial charge in [0, 0.05) is 13.6 Å². The maximum atomic E-state index is 12.4. The van der Waals surface area contributed by atoms with Crippen LogP contribution < -0.4 is 0 Å². The molecule has 1 rings (SSSR count). The third-order valence-corrected chi connectivity index (χ3v) is 3.20. The van der Waals surface area contributed by atoms with Crippen molar-refractivity contribution < 1.29 is 18.0 Å². The summed E-state index contributed by atoms with van der Waals surface area (Å²) in [4.78, 5) is 11.1. The molecule has 82 valence electrons. The van der Waals surface area contributed by atoms with Crippen LogP contribution in [-0.2, 0) is 6.18 Å². The lowest BCUT2D eigenvalue weighted by atomic mass is 10.1. The van der Waals surface area contributed by atoms with Gasteiger partial charge in [-0.15, -0.1) is 0 Å². The predicted molar refractivity (Wildman–Crippen MR) is 61.9 cm³/mol. The van der Waals surface area contributed by atoms with E-state index >= 15 is 0 Å². The van der Waals surface area contributed by atoms with Crippen molar-refractivity contribution in [2.24, 2.45) is 0 Å². The zero-order valence-corrected chi connectivity index (χ0v) is 11.2. The number of rotatable bonds is 1. The lowest BCUT2D eigenvalue weighted by molar-refractivity contribution is -0.137. The van der Waals surface area contributed by atoms with E-state index in [2.05, 4.69) is 15.9 Å². The van der Waals surface area contributed by atoms with Crippen LogP contribution in [0.15, 0.2) is 16.6 Å². The van der Waals surface area contributed by atoms with E-state index in [4.69, 9.17) is 0 Å². The Hall–Kier alpha value is -0.110. The highest BCUT2D eigenvalue weighted by molar-refractivity contribution is 14.1. The number of alkyl halides is 3. The van der Waals surface area contributed by atoms with Gasteiger partial charge in [-0.2, -0.15) is 13.2 Å². The van der Waals surface area contributed by atoms with Gasteiger partial charge in [-0.25, -0.2) is 0 Å². The monoisotopic (exact) mass is 392 g/mol. The van der Waals surface area contributed by atoms with Crippen molar-refractivity contribution in [3.8, 4) is 0 Å². The van der Waals surface area contributed by atoms with Crippen molar-refractivity contribution >= 4 is 44.3 Å². The molecule has 0 N–H and O–H groups in total. The van der Waals surface area contributed by atoms with Gasteiger partial charge in [0.15, 0.2) is 5.78 Å². The van der Waals surface area contributed by atoms with Gasteiger partial charge in [-0.1, -0.05) is 0 Å². The van der Waals surface area contributed by atoms with E-state index in [9.17, 15) is 18.0 Å². The van der Waals surface area contributed by atoms with Gasteiger partial charge in [0.05, 0.1) is 5.56 Å². The summed E-state index contributed by atoms with van der Waals surface area (Å²) in [5.74, 6) is -0.264. The van der Waals surface area contributed by atoms with Gasteiger partial charge in [-0.3, -0.25) is 4.79 Å². The first-order valence-electron chi connectivity index (χ1n) is 3.80. The van der Waals surface area contributed by atoms with Gasteiger partial charge in [0.25, 0.3) is 0 Å². The summed E-state index contributed by atoms with van der Waals surface area (Å²) in [5, 5.41) is 0. The molecule has 1 nitrogen and oxygen atoms in total. The molecule has 0 spiro atoms. The normalized spacial score (nSPS) is 11.6. The fraction of sp³-hybridized carbons (Fsp3) is 0.222. The highest BCUT2D eigenvalue weighted by Gasteiger charge is 2.32. The minimum Gasteiger partial charge on any atom is -0.294 e. The Balaban J connectivity index is 3.39. The zero-order chi connectivity index (χ0) is 11.8. The Bertz CT molecular complexity index is 391. The van der Waals surface area contributed by atoms with Crippen molar-refractivity contribution in [1.29, 1.82) is 0 Å². The van der Waals surface area contributed by atoms with Crippen LogP contribution in [0.3, 0.4) is 0 Å². The molecule has 0 heterocycles. The minimum absolute atomic E-state index is 0.175. The van der Waals surface area contributed by atoms with E-state index in [1.807, 2.05) is 0 Å². The van der Waals surface area contributed by atoms with Crippen LogP contribution in [0.4, 0.5) is 13.2 Å². The van der Waals surface area contributed by atoms with Gasteiger partial charge in [0.2, 0.25) is 0 Å². The number of ketones is 1. The van der Waals surface area contributed by atoms with E-state index in [-0.39, 0.29) is 15.8 Å². The molecule has 15 heavy (non-hydrogen) atoms. The molecule has 0 radical (unpaired) electrons. The average Bonchev–Trinajstić information content (AvgIpc) is 1.99. The van der Waals surface area contributed by atoms with Crippen molar-refractivity contribution in [2.45, 2.75) is 13.1 Å². The van der Waals surface area contributed by atoms with Gasteiger partial charge in [0.1, 0.15) is 0 Å². The molecule has 0 saturated heterocycles. The van der Waals surface area contributed by atoms with Crippen LogP contribution in [0.2, 0.25) is 0 Å². The Morgan fingerprint density at radius 1 is 1.40 bits per heavy atom. The molecule has 1 aromatic carbocycles. The number of benzene rings is 1. The summed E-state index contributed by atoms with van der Waals surface area (Å²) in [6, 6.07) is 1.88. The Morgan fingerprint density at radius 3 is 2.27 bits per heavy atom. The van der Waals surface area contributed by atoms with E-state index in [0.717, 1.165) is 12.1 Å². The molecule has 0 aliphatic heterocycles. The SMILES string of the molecule is CC(=O)c1c(Br)cc(C(F)(F)F)cc1I. The van der Waals surface area contributed by atoms with E-state index < -0.39 is 11.7 Å². The largest absolute Gasteiger partial charge is 0.416 e. The highest BCUT2D eigenvalue weighted by Crippen LogP contribution is 2.34. The first-order chi connectivity index (χ1) is 6.73. The van der Waals surface area contributed by atoms with Crippen LogP contribution in [0, 0.1) is 3.57 Å². The Labute approximate surface area is 106 Å². The Morgan fingerprint density at radius 2 is 1.93 bits per heavy atom.